The number of piperidine rings is 1. The molecule has 1 N–H and O–H groups in total. The van der Waals surface area contributed by atoms with E-state index >= 15 is 0 Å². The highest BCUT2D eigenvalue weighted by Crippen LogP contribution is 2.28. The van der Waals surface area contributed by atoms with Crippen LogP contribution in [0.25, 0.3) is 0 Å². The molecule has 1 saturated heterocycles. The van der Waals surface area contributed by atoms with Crippen LogP contribution in [0.3, 0.4) is 0 Å². The molecule has 0 radical (unpaired) electrons. The average Bonchev–Trinajstić information content (AvgIpc) is 3.17. The van der Waals surface area contributed by atoms with Gasteiger partial charge in [0.15, 0.2) is 5.82 Å². The lowest BCUT2D eigenvalue weighted by atomic mass is 9.87. The van der Waals surface area contributed by atoms with Crippen LogP contribution in [0.1, 0.15) is 69.7 Å². The molecule has 2 atom stereocenters. The molecule has 1 aliphatic heterocycles. The Hall–Kier alpha value is -2.18. The number of ether oxygens (including phenoxy) is 1. The van der Waals surface area contributed by atoms with Gasteiger partial charge in [-0.1, -0.05) is 25.3 Å². The Labute approximate surface area is 160 Å². The zero-order valence-electron chi connectivity index (χ0n) is 15.8. The molecule has 1 saturated carbocycles. The second-order valence-corrected chi connectivity index (χ2v) is 7.86. The number of carbonyl (C=O) groups excluding carboxylic acids is 1. The predicted octanol–water partition coefficient (Wildman–Crippen LogP) is 2.87. The van der Waals surface area contributed by atoms with Crippen LogP contribution in [0, 0.1) is 5.92 Å². The highest BCUT2D eigenvalue weighted by molar-refractivity contribution is 5.77. The average molecular weight is 371 g/mol. The molecule has 7 nitrogen and oxygen atoms in total. The lowest BCUT2D eigenvalue weighted by Gasteiger charge is -2.30. The van der Waals surface area contributed by atoms with Gasteiger partial charge in [0.25, 0.3) is 0 Å². The Kier molecular flexibility index (Phi) is 5.84. The first-order valence-electron chi connectivity index (χ1n) is 10.4. The maximum absolute atomic E-state index is 11.5. The van der Waals surface area contributed by atoms with Gasteiger partial charge in [-0.3, -0.25) is 4.79 Å². The van der Waals surface area contributed by atoms with Crippen molar-refractivity contribution in [3.05, 3.63) is 29.8 Å². The highest BCUT2D eigenvalue weighted by atomic mass is 16.5. The van der Waals surface area contributed by atoms with E-state index in [0.717, 1.165) is 37.3 Å². The number of rotatable bonds is 7. The lowest BCUT2D eigenvalue weighted by molar-refractivity contribution is -0.123. The van der Waals surface area contributed by atoms with Crippen molar-refractivity contribution in [2.24, 2.45) is 5.92 Å². The van der Waals surface area contributed by atoms with Gasteiger partial charge in [-0.2, -0.15) is 0 Å². The number of tetrazole rings is 1. The maximum atomic E-state index is 11.5. The van der Waals surface area contributed by atoms with Crippen LogP contribution in [-0.2, 0) is 16.0 Å². The molecular formula is C20H29N5O2. The van der Waals surface area contributed by atoms with Gasteiger partial charge in [-0.05, 0) is 54.7 Å². The molecule has 146 valence electrons. The number of fused-ring (bicyclic) bond motifs is 1. The Bertz CT molecular complexity index is 705. The van der Waals surface area contributed by atoms with Crippen LogP contribution in [0.15, 0.2) is 24.0 Å². The summed E-state index contributed by atoms with van der Waals surface area (Å²) < 4.78 is 7.99. The normalized spacial score (nSPS) is 25.6. The van der Waals surface area contributed by atoms with Gasteiger partial charge in [0.2, 0.25) is 5.91 Å². The van der Waals surface area contributed by atoms with Gasteiger partial charge in [-0.15, -0.1) is 5.10 Å². The first-order valence-corrected chi connectivity index (χ1v) is 10.4. The quantitative estimate of drug-likeness (QED) is 0.745. The fraction of sp³-hybridized carbons (Fsp3) is 0.700. The number of carbonyl (C=O) groups is 1. The van der Waals surface area contributed by atoms with Crippen molar-refractivity contribution in [3.63, 3.8) is 0 Å². The number of hydrogen-bond donors (Lipinski definition) is 1. The molecule has 7 heteroatoms. The number of nitrogens with one attached hydrogen (secondary N) is 1. The highest BCUT2D eigenvalue weighted by Gasteiger charge is 2.27. The lowest BCUT2D eigenvalue weighted by Crippen LogP contribution is -2.43. The van der Waals surface area contributed by atoms with E-state index in [1.165, 1.54) is 32.1 Å². The summed E-state index contributed by atoms with van der Waals surface area (Å²) in [7, 11) is 0. The van der Waals surface area contributed by atoms with E-state index in [-0.39, 0.29) is 11.9 Å². The number of unbranched alkanes of at least 4 members (excludes halogenated alkanes) is 1. The van der Waals surface area contributed by atoms with Crippen LogP contribution >= 0.6 is 0 Å². The molecule has 2 heterocycles. The molecule has 2 unspecified atom stereocenters. The van der Waals surface area contributed by atoms with E-state index in [1.54, 1.807) is 0 Å². The molecule has 2 aliphatic carbocycles. The minimum absolute atomic E-state index is 0.136. The largest absolute Gasteiger partial charge is 0.494 e. The summed E-state index contributed by atoms with van der Waals surface area (Å²) in [6.07, 6.45) is 16.9. The number of amides is 1. The molecule has 0 aromatic carbocycles. The van der Waals surface area contributed by atoms with Crippen LogP contribution in [0.4, 0.5) is 0 Å². The van der Waals surface area contributed by atoms with Crippen LogP contribution < -0.4 is 5.32 Å². The van der Waals surface area contributed by atoms with Crippen LogP contribution in [-0.4, -0.2) is 38.8 Å². The monoisotopic (exact) mass is 371 g/mol. The van der Waals surface area contributed by atoms with Crippen molar-refractivity contribution in [2.75, 3.05) is 6.61 Å². The van der Waals surface area contributed by atoms with E-state index in [1.807, 2.05) is 6.08 Å². The van der Waals surface area contributed by atoms with Crippen LogP contribution in [0.5, 0.6) is 0 Å². The number of aromatic nitrogens is 4. The van der Waals surface area contributed by atoms with E-state index < -0.39 is 0 Å². The minimum atomic E-state index is 0.136. The first kappa shape index (κ1) is 18.2. The summed E-state index contributed by atoms with van der Waals surface area (Å²) in [5, 5.41) is 15.4. The van der Waals surface area contributed by atoms with E-state index in [9.17, 15) is 4.79 Å². The van der Waals surface area contributed by atoms with Gasteiger partial charge < -0.3 is 10.1 Å². The van der Waals surface area contributed by atoms with Gasteiger partial charge in [-0.25, -0.2) is 4.68 Å². The van der Waals surface area contributed by atoms with Crippen LogP contribution in [0.2, 0.25) is 0 Å². The zero-order chi connectivity index (χ0) is 18.5. The van der Waals surface area contributed by atoms with Gasteiger partial charge in [0.05, 0.1) is 18.7 Å². The summed E-state index contributed by atoms with van der Waals surface area (Å²) >= 11 is 0. The third-order valence-electron chi connectivity index (χ3n) is 5.88. The minimum Gasteiger partial charge on any atom is -0.494 e. The fourth-order valence-electron chi connectivity index (χ4n) is 4.34. The third-order valence-corrected chi connectivity index (χ3v) is 5.88. The van der Waals surface area contributed by atoms with Gasteiger partial charge in [0.1, 0.15) is 5.76 Å². The summed E-state index contributed by atoms with van der Waals surface area (Å²) in [4.78, 5) is 11.5. The van der Waals surface area contributed by atoms with Crippen molar-refractivity contribution in [1.82, 2.24) is 25.5 Å². The zero-order valence-corrected chi connectivity index (χ0v) is 15.8. The number of aryl methyl sites for hydroxylation is 1. The molecule has 1 amide bonds. The Morgan fingerprint density at radius 2 is 2.07 bits per heavy atom. The molecule has 0 bridgehead atoms. The van der Waals surface area contributed by atoms with Gasteiger partial charge in [0, 0.05) is 18.8 Å². The van der Waals surface area contributed by atoms with Crippen molar-refractivity contribution in [2.45, 2.75) is 76.3 Å². The van der Waals surface area contributed by atoms with E-state index in [2.05, 4.69) is 37.7 Å². The summed E-state index contributed by atoms with van der Waals surface area (Å²) in [6.45, 7) is 0.699. The smallest absolute Gasteiger partial charge is 0.220 e. The van der Waals surface area contributed by atoms with E-state index in [4.69, 9.17) is 4.74 Å². The SMILES string of the molecule is O=C1CCC2C=C(OCCCCc3nnnn3C3CCCCC3)C=CC2N1. The molecule has 2 fully saturated rings. The predicted molar refractivity (Wildman–Crippen MR) is 101 cm³/mol. The number of hydrogen-bond acceptors (Lipinski definition) is 5. The number of allylic oxidation sites excluding steroid dienone is 1. The molecule has 4 rings (SSSR count). The Morgan fingerprint density at radius 1 is 1.19 bits per heavy atom. The molecule has 1 aromatic heterocycles. The molecule has 1 aromatic rings. The standard InChI is InChI=1S/C20H29N5O2/c26-20-12-9-15-14-17(10-11-18(15)21-20)27-13-5-4-8-19-22-23-24-25(19)16-6-2-1-3-7-16/h10-11,14-16,18H,1-9,12-13H2,(H,21,26). The summed E-state index contributed by atoms with van der Waals surface area (Å²) in [5.74, 6) is 2.45. The molecule has 3 aliphatic rings. The second-order valence-electron chi connectivity index (χ2n) is 7.86. The third kappa shape index (κ3) is 4.57. The van der Waals surface area contributed by atoms with Gasteiger partial charge >= 0.3 is 0 Å². The second kappa shape index (κ2) is 8.67. The summed E-state index contributed by atoms with van der Waals surface area (Å²) in [5.41, 5.74) is 0. The molecular weight excluding hydrogens is 342 g/mol. The Morgan fingerprint density at radius 3 is 2.96 bits per heavy atom. The summed E-state index contributed by atoms with van der Waals surface area (Å²) in [6, 6.07) is 0.624. The van der Waals surface area contributed by atoms with Crippen molar-refractivity contribution in [3.8, 4) is 0 Å². The maximum Gasteiger partial charge on any atom is 0.220 e. The molecule has 0 spiro atoms. The van der Waals surface area contributed by atoms with Crippen molar-refractivity contribution in [1.29, 1.82) is 0 Å². The Balaban J connectivity index is 1.19. The van der Waals surface area contributed by atoms with Crippen molar-refractivity contribution >= 4 is 5.91 Å². The first-order chi connectivity index (χ1) is 13.3. The number of nitrogens with zero attached hydrogens (tertiary/aromatic N) is 4. The molecule has 27 heavy (non-hydrogen) atoms. The fourth-order valence-corrected chi connectivity index (χ4v) is 4.34. The topological polar surface area (TPSA) is 81.9 Å². The van der Waals surface area contributed by atoms with E-state index in [0.29, 0.717) is 25.0 Å². The van der Waals surface area contributed by atoms with Crippen molar-refractivity contribution < 1.29 is 9.53 Å².